The zero-order chi connectivity index (χ0) is 13.2. The summed E-state index contributed by atoms with van der Waals surface area (Å²) in [6.45, 7) is 10.5. The fourth-order valence-electron chi connectivity index (χ4n) is 2.57. The van der Waals surface area contributed by atoms with E-state index in [0.29, 0.717) is 6.04 Å². The molecule has 1 aliphatic rings. The summed E-state index contributed by atoms with van der Waals surface area (Å²) in [6.07, 6.45) is 3.01. The highest BCUT2D eigenvalue weighted by molar-refractivity contribution is 5.10. The third kappa shape index (κ3) is 3.27. The molecule has 0 bridgehead atoms. The van der Waals surface area contributed by atoms with Gasteiger partial charge in [-0.05, 0) is 17.0 Å². The summed E-state index contributed by atoms with van der Waals surface area (Å²) in [7, 11) is 0. The van der Waals surface area contributed by atoms with Crippen molar-refractivity contribution in [3.8, 4) is 0 Å². The first kappa shape index (κ1) is 13.4. The van der Waals surface area contributed by atoms with Crippen LogP contribution >= 0.6 is 0 Å². The molecule has 0 aliphatic carbocycles. The summed E-state index contributed by atoms with van der Waals surface area (Å²) in [5.41, 5.74) is 1.17. The summed E-state index contributed by atoms with van der Waals surface area (Å²) in [5.74, 6) is -0.255. The molecule has 100 valence electrons. The van der Waals surface area contributed by atoms with E-state index in [2.05, 4.69) is 36.0 Å². The molecule has 0 aromatic carbocycles. The van der Waals surface area contributed by atoms with Gasteiger partial charge in [-0.2, -0.15) is 0 Å². The first-order chi connectivity index (χ1) is 8.47. The van der Waals surface area contributed by atoms with E-state index in [1.165, 1.54) is 6.20 Å². The lowest BCUT2D eigenvalue weighted by atomic mass is 9.84. The quantitative estimate of drug-likeness (QED) is 0.872. The van der Waals surface area contributed by atoms with Crippen LogP contribution in [0.2, 0.25) is 0 Å². The molecule has 2 rings (SSSR count). The van der Waals surface area contributed by atoms with Crippen molar-refractivity contribution in [1.29, 1.82) is 0 Å². The molecule has 3 nitrogen and oxygen atoms in total. The monoisotopic (exact) mass is 251 g/mol. The molecule has 18 heavy (non-hydrogen) atoms. The Morgan fingerprint density at radius 1 is 1.44 bits per heavy atom. The summed E-state index contributed by atoms with van der Waals surface area (Å²) in [6, 6.07) is 2.05. The molecule has 0 spiro atoms. The van der Waals surface area contributed by atoms with Crippen molar-refractivity contribution in [2.45, 2.75) is 33.4 Å². The maximum Gasteiger partial charge on any atom is 0.141 e. The minimum atomic E-state index is -0.255. The topological polar surface area (TPSA) is 28.2 Å². The van der Waals surface area contributed by atoms with Crippen LogP contribution in [0.1, 0.15) is 26.3 Å². The summed E-state index contributed by atoms with van der Waals surface area (Å²) in [4.78, 5) is 6.34. The second kappa shape index (κ2) is 5.33. The van der Waals surface area contributed by atoms with Crippen molar-refractivity contribution in [3.63, 3.8) is 0 Å². The molecule has 1 fully saturated rings. The van der Waals surface area contributed by atoms with Crippen LogP contribution in [-0.4, -0.2) is 35.6 Å². The standard InChI is InChI=1S/C14H22FN3/c1-14(2,3)13-9-16-4-5-18(13)10-11-6-12(15)8-17-7-11/h6-8,13,16H,4-5,9-10H2,1-3H3. The lowest BCUT2D eigenvalue weighted by Crippen LogP contribution is -2.56. The van der Waals surface area contributed by atoms with Gasteiger partial charge in [-0.1, -0.05) is 20.8 Å². The summed E-state index contributed by atoms with van der Waals surface area (Å²) < 4.78 is 13.2. The Morgan fingerprint density at radius 2 is 2.22 bits per heavy atom. The zero-order valence-corrected chi connectivity index (χ0v) is 11.4. The van der Waals surface area contributed by atoms with Crippen LogP contribution in [0.5, 0.6) is 0 Å². The Balaban J connectivity index is 2.10. The number of nitrogens with zero attached hydrogens (tertiary/aromatic N) is 2. The predicted molar refractivity (Wildman–Crippen MR) is 70.7 cm³/mol. The van der Waals surface area contributed by atoms with Gasteiger partial charge in [0.05, 0.1) is 6.20 Å². The number of nitrogens with one attached hydrogen (secondary N) is 1. The smallest absolute Gasteiger partial charge is 0.141 e. The highest BCUT2D eigenvalue weighted by Crippen LogP contribution is 2.26. The van der Waals surface area contributed by atoms with E-state index in [0.717, 1.165) is 31.7 Å². The minimum absolute atomic E-state index is 0.216. The number of halogens is 1. The third-order valence-electron chi connectivity index (χ3n) is 3.50. The van der Waals surface area contributed by atoms with Gasteiger partial charge in [0.25, 0.3) is 0 Å². The first-order valence-electron chi connectivity index (χ1n) is 6.51. The van der Waals surface area contributed by atoms with Gasteiger partial charge in [0.1, 0.15) is 5.82 Å². The fourth-order valence-corrected chi connectivity index (χ4v) is 2.57. The molecule has 2 heterocycles. The zero-order valence-electron chi connectivity index (χ0n) is 11.4. The SMILES string of the molecule is CC(C)(C)C1CNCCN1Cc1cncc(F)c1. The van der Waals surface area contributed by atoms with Crippen LogP contribution in [0.3, 0.4) is 0 Å². The highest BCUT2D eigenvalue weighted by Gasteiger charge is 2.32. The molecular formula is C14H22FN3. The van der Waals surface area contributed by atoms with Gasteiger partial charge >= 0.3 is 0 Å². The number of hydrogen-bond donors (Lipinski definition) is 1. The largest absolute Gasteiger partial charge is 0.314 e. The van der Waals surface area contributed by atoms with Crippen molar-refractivity contribution in [1.82, 2.24) is 15.2 Å². The molecule has 1 aromatic heterocycles. The number of aromatic nitrogens is 1. The average molecular weight is 251 g/mol. The Labute approximate surface area is 108 Å². The van der Waals surface area contributed by atoms with Gasteiger partial charge in [0.15, 0.2) is 0 Å². The Kier molecular flexibility index (Phi) is 3.97. The average Bonchev–Trinajstić information content (AvgIpc) is 2.28. The van der Waals surface area contributed by atoms with Crippen LogP contribution in [0.15, 0.2) is 18.5 Å². The first-order valence-corrected chi connectivity index (χ1v) is 6.51. The van der Waals surface area contributed by atoms with Gasteiger partial charge in [0.2, 0.25) is 0 Å². The molecule has 1 aromatic rings. The predicted octanol–water partition coefficient (Wildman–Crippen LogP) is 2.04. The number of pyridine rings is 1. The van der Waals surface area contributed by atoms with Crippen LogP contribution in [0, 0.1) is 11.2 Å². The molecule has 1 atom stereocenters. The van der Waals surface area contributed by atoms with E-state index in [1.807, 2.05) is 0 Å². The van der Waals surface area contributed by atoms with E-state index < -0.39 is 0 Å². The lowest BCUT2D eigenvalue weighted by molar-refractivity contribution is 0.0687. The number of rotatable bonds is 2. The molecule has 1 saturated heterocycles. The Bertz CT molecular complexity index is 400. The van der Waals surface area contributed by atoms with Gasteiger partial charge in [-0.15, -0.1) is 0 Å². The second-order valence-corrected chi connectivity index (χ2v) is 6.07. The molecule has 0 saturated carbocycles. The molecule has 1 N–H and O–H groups in total. The van der Waals surface area contributed by atoms with Crippen LogP contribution in [0.25, 0.3) is 0 Å². The summed E-state index contributed by atoms with van der Waals surface area (Å²) in [5, 5.41) is 3.44. The van der Waals surface area contributed by atoms with Gasteiger partial charge in [-0.3, -0.25) is 9.88 Å². The third-order valence-corrected chi connectivity index (χ3v) is 3.50. The van der Waals surface area contributed by atoms with Gasteiger partial charge < -0.3 is 5.32 Å². The molecular weight excluding hydrogens is 229 g/mol. The van der Waals surface area contributed by atoms with E-state index >= 15 is 0 Å². The maximum absolute atomic E-state index is 13.2. The van der Waals surface area contributed by atoms with E-state index in [4.69, 9.17) is 0 Å². The minimum Gasteiger partial charge on any atom is -0.314 e. The maximum atomic E-state index is 13.2. The van der Waals surface area contributed by atoms with Crippen molar-refractivity contribution in [2.24, 2.45) is 5.41 Å². The molecule has 1 unspecified atom stereocenters. The molecule has 0 amide bonds. The lowest BCUT2D eigenvalue weighted by Gasteiger charge is -2.43. The molecule has 4 heteroatoms. The normalized spacial score (nSPS) is 22.1. The van der Waals surface area contributed by atoms with Crippen molar-refractivity contribution in [2.75, 3.05) is 19.6 Å². The van der Waals surface area contributed by atoms with Crippen molar-refractivity contribution < 1.29 is 4.39 Å². The fraction of sp³-hybridized carbons (Fsp3) is 0.643. The van der Waals surface area contributed by atoms with E-state index in [-0.39, 0.29) is 11.2 Å². The Morgan fingerprint density at radius 3 is 2.89 bits per heavy atom. The van der Waals surface area contributed by atoms with E-state index in [1.54, 1.807) is 12.3 Å². The second-order valence-electron chi connectivity index (χ2n) is 6.07. The van der Waals surface area contributed by atoms with Gasteiger partial charge in [0, 0.05) is 38.4 Å². The summed E-state index contributed by atoms with van der Waals surface area (Å²) >= 11 is 0. The van der Waals surface area contributed by atoms with Crippen LogP contribution < -0.4 is 5.32 Å². The number of piperazine rings is 1. The Hall–Kier alpha value is -1.00. The van der Waals surface area contributed by atoms with Gasteiger partial charge in [-0.25, -0.2) is 4.39 Å². The number of hydrogen-bond acceptors (Lipinski definition) is 3. The van der Waals surface area contributed by atoms with Crippen LogP contribution in [0.4, 0.5) is 4.39 Å². The highest BCUT2D eigenvalue weighted by atomic mass is 19.1. The van der Waals surface area contributed by atoms with Crippen molar-refractivity contribution in [3.05, 3.63) is 29.8 Å². The molecule has 0 radical (unpaired) electrons. The van der Waals surface area contributed by atoms with E-state index in [9.17, 15) is 4.39 Å². The van der Waals surface area contributed by atoms with Crippen molar-refractivity contribution >= 4 is 0 Å². The van der Waals surface area contributed by atoms with Crippen LogP contribution in [-0.2, 0) is 6.54 Å². The molecule has 1 aliphatic heterocycles.